The van der Waals surface area contributed by atoms with E-state index in [2.05, 4.69) is 15.6 Å². The van der Waals surface area contributed by atoms with Crippen molar-refractivity contribution in [2.24, 2.45) is 0 Å². The standard InChI is InChI=1S/C27H27FN4O2/c1-14-9-10-19(28)20(11-14)29-25(33)17-12-21-23(18-13-27(4,5)34-24(17)18)32-26(30-21)31-22-15(2)7-6-8-16(22)3/h6-12H,13H2,1-5H3,(H,29,33)(H2,30,31,32). The molecule has 0 bridgehead atoms. The molecule has 1 aliphatic heterocycles. The van der Waals surface area contributed by atoms with Gasteiger partial charge in [0.25, 0.3) is 5.91 Å². The fourth-order valence-corrected chi connectivity index (χ4v) is 4.50. The van der Waals surface area contributed by atoms with E-state index in [4.69, 9.17) is 9.72 Å². The molecule has 174 valence electrons. The molecule has 3 aromatic carbocycles. The number of aryl methyl sites for hydroxylation is 3. The Kier molecular flexibility index (Phi) is 5.08. The minimum Gasteiger partial charge on any atom is -0.486 e. The number of anilines is 3. The number of para-hydroxylation sites is 1. The number of carbonyl (C=O) groups is 1. The Hall–Kier alpha value is -3.87. The number of nitrogens with zero attached hydrogens (tertiary/aromatic N) is 1. The quantitative estimate of drug-likeness (QED) is 0.334. The highest BCUT2D eigenvalue weighted by Crippen LogP contribution is 2.42. The predicted octanol–water partition coefficient (Wildman–Crippen LogP) is 6.34. The number of hydrogen-bond donors (Lipinski definition) is 3. The first-order chi connectivity index (χ1) is 16.1. The Morgan fingerprint density at radius 1 is 1.12 bits per heavy atom. The van der Waals surface area contributed by atoms with E-state index in [0.717, 1.165) is 33.5 Å². The summed E-state index contributed by atoms with van der Waals surface area (Å²) < 4.78 is 20.5. The Morgan fingerprint density at radius 3 is 2.59 bits per heavy atom. The van der Waals surface area contributed by atoms with E-state index in [1.807, 2.05) is 52.8 Å². The van der Waals surface area contributed by atoms with E-state index in [-0.39, 0.29) is 5.69 Å². The van der Waals surface area contributed by atoms with Crippen LogP contribution >= 0.6 is 0 Å². The molecule has 34 heavy (non-hydrogen) atoms. The van der Waals surface area contributed by atoms with Crippen LogP contribution in [0.5, 0.6) is 5.75 Å². The summed E-state index contributed by atoms with van der Waals surface area (Å²) in [5, 5.41) is 6.09. The molecule has 7 heteroatoms. The zero-order chi connectivity index (χ0) is 24.2. The number of halogens is 1. The van der Waals surface area contributed by atoms with Gasteiger partial charge in [-0.25, -0.2) is 9.37 Å². The van der Waals surface area contributed by atoms with E-state index in [1.54, 1.807) is 18.2 Å². The molecule has 5 rings (SSSR count). The van der Waals surface area contributed by atoms with Crippen LogP contribution < -0.4 is 15.4 Å². The minimum absolute atomic E-state index is 0.137. The molecule has 2 heterocycles. The summed E-state index contributed by atoms with van der Waals surface area (Å²) in [6, 6.07) is 12.4. The van der Waals surface area contributed by atoms with Gasteiger partial charge in [0, 0.05) is 17.7 Å². The topological polar surface area (TPSA) is 79.0 Å². The third kappa shape index (κ3) is 3.87. The van der Waals surface area contributed by atoms with Crippen molar-refractivity contribution >= 4 is 34.3 Å². The number of benzene rings is 3. The summed E-state index contributed by atoms with van der Waals surface area (Å²) in [4.78, 5) is 21.4. The van der Waals surface area contributed by atoms with Gasteiger partial charge >= 0.3 is 0 Å². The highest BCUT2D eigenvalue weighted by molar-refractivity contribution is 6.09. The zero-order valence-corrected chi connectivity index (χ0v) is 19.9. The average molecular weight is 459 g/mol. The van der Waals surface area contributed by atoms with E-state index in [9.17, 15) is 9.18 Å². The molecule has 0 spiro atoms. The lowest BCUT2D eigenvalue weighted by molar-refractivity contribution is 0.101. The van der Waals surface area contributed by atoms with Crippen molar-refractivity contribution < 1.29 is 13.9 Å². The molecular weight excluding hydrogens is 431 g/mol. The Morgan fingerprint density at radius 2 is 1.85 bits per heavy atom. The van der Waals surface area contributed by atoms with Crippen molar-refractivity contribution in [2.45, 2.75) is 46.6 Å². The largest absolute Gasteiger partial charge is 0.486 e. The molecule has 4 aromatic rings. The van der Waals surface area contributed by atoms with Crippen LogP contribution in [0.15, 0.2) is 42.5 Å². The van der Waals surface area contributed by atoms with Crippen LogP contribution in [0.2, 0.25) is 0 Å². The van der Waals surface area contributed by atoms with Gasteiger partial charge in [-0.05, 0) is 69.5 Å². The first kappa shape index (κ1) is 21.9. The lowest BCUT2D eigenvalue weighted by Crippen LogP contribution is -2.25. The zero-order valence-electron chi connectivity index (χ0n) is 19.9. The maximum absolute atomic E-state index is 14.3. The molecule has 1 aliphatic rings. The molecule has 0 atom stereocenters. The Balaban J connectivity index is 1.58. The van der Waals surface area contributed by atoms with Crippen LogP contribution in [0.1, 0.15) is 46.5 Å². The molecule has 1 aromatic heterocycles. The van der Waals surface area contributed by atoms with E-state index in [1.165, 1.54) is 6.07 Å². The lowest BCUT2D eigenvalue weighted by atomic mass is 9.98. The van der Waals surface area contributed by atoms with Gasteiger partial charge in [-0.15, -0.1) is 0 Å². The van der Waals surface area contributed by atoms with Crippen molar-refractivity contribution in [1.82, 2.24) is 9.97 Å². The Bertz CT molecular complexity index is 1430. The first-order valence-electron chi connectivity index (χ1n) is 11.3. The summed E-state index contributed by atoms with van der Waals surface area (Å²) >= 11 is 0. The highest BCUT2D eigenvalue weighted by atomic mass is 19.1. The third-order valence-electron chi connectivity index (χ3n) is 6.15. The normalized spacial score (nSPS) is 14.1. The number of aromatic nitrogens is 2. The van der Waals surface area contributed by atoms with E-state index < -0.39 is 17.3 Å². The monoisotopic (exact) mass is 458 g/mol. The SMILES string of the molecule is Cc1ccc(F)c(NC(=O)c2cc3[nH]c(Nc4c(C)cccc4C)nc3c3c2OC(C)(C)C3)c1. The molecule has 0 radical (unpaired) electrons. The first-order valence-corrected chi connectivity index (χ1v) is 11.3. The van der Waals surface area contributed by atoms with Crippen molar-refractivity contribution in [3.05, 3.63) is 76.1 Å². The predicted molar refractivity (Wildman–Crippen MR) is 133 cm³/mol. The van der Waals surface area contributed by atoms with Crippen molar-refractivity contribution in [3.63, 3.8) is 0 Å². The fourth-order valence-electron chi connectivity index (χ4n) is 4.50. The molecule has 0 fully saturated rings. The van der Waals surface area contributed by atoms with Crippen molar-refractivity contribution in [2.75, 3.05) is 10.6 Å². The maximum atomic E-state index is 14.3. The number of aromatic amines is 1. The number of rotatable bonds is 4. The second-order valence-corrected chi connectivity index (χ2v) is 9.58. The average Bonchev–Trinajstić information content (AvgIpc) is 3.31. The molecule has 3 N–H and O–H groups in total. The van der Waals surface area contributed by atoms with Crippen LogP contribution in [0.4, 0.5) is 21.7 Å². The van der Waals surface area contributed by atoms with Gasteiger partial charge in [-0.3, -0.25) is 4.79 Å². The molecule has 0 saturated heterocycles. The van der Waals surface area contributed by atoms with Gasteiger partial charge in [0.1, 0.15) is 17.2 Å². The van der Waals surface area contributed by atoms with E-state index in [0.29, 0.717) is 29.2 Å². The summed E-state index contributed by atoms with van der Waals surface area (Å²) in [5.41, 5.74) is 6.38. The molecular formula is C27H27FN4O2. The van der Waals surface area contributed by atoms with Crippen LogP contribution in [-0.4, -0.2) is 21.5 Å². The number of amides is 1. The molecule has 0 unspecified atom stereocenters. The van der Waals surface area contributed by atoms with E-state index >= 15 is 0 Å². The number of imidazole rings is 1. The van der Waals surface area contributed by atoms with Gasteiger partial charge in [0.15, 0.2) is 0 Å². The van der Waals surface area contributed by atoms with Gasteiger partial charge in [0.05, 0.1) is 22.3 Å². The number of fused-ring (bicyclic) bond motifs is 3. The van der Waals surface area contributed by atoms with Crippen LogP contribution in [-0.2, 0) is 6.42 Å². The molecule has 6 nitrogen and oxygen atoms in total. The van der Waals surface area contributed by atoms with Crippen LogP contribution in [0, 0.1) is 26.6 Å². The number of nitrogens with one attached hydrogen (secondary N) is 3. The van der Waals surface area contributed by atoms with Crippen molar-refractivity contribution in [1.29, 1.82) is 0 Å². The van der Waals surface area contributed by atoms with Gasteiger partial charge in [0.2, 0.25) is 5.95 Å². The number of H-pyrrole nitrogens is 1. The van der Waals surface area contributed by atoms with Gasteiger partial charge < -0.3 is 20.4 Å². The molecule has 0 saturated carbocycles. The summed E-state index contributed by atoms with van der Waals surface area (Å²) in [6.45, 7) is 9.88. The van der Waals surface area contributed by atoms with Crippen LogP contribution in [0.25, 0.3) is 11.0 Å². The van der Waals surface area contributed by atoms with Gasteiger partial charge in [-0.2, -0.15) is 0 Å². The third-order valence-corrected chi connectivity index (χ3v) is 6.15. The number of hydrogen-bond acceptors (Lipinski definition) is 4. The van der Waals surface area contributed by atoms with Crippen LogP contribution in [0.3, 0.4) is 0 Å². The summed E-state index contributed by atoms with van der Waals surface area (Å²) in [5.74, 6) is 0.161. The van der Waals surface area contributed by atoms with Crippen molar-refractivity contribution in [3.8, 4) is 5.75 Å². The maximum Gasteiger partial charge on any atom is 0.259 e. The summed E-state index contributed by atoms with van der Waals surface area (Å²) in [7, 11) is 0. The summed E-state index contributed by atoms with van der Waals surface area (Å²) in [6.07, 6.45) is 0.604. The molecule has 1 amide bonds. The number of ether oxygens (including phenoxy) is 1. The minimum atomic E-state index is -0.487. The Labute approximate surface area is 197 Å². The fraction of sp³-hybridized carbons (Fsp3) is 0.259. The second kappa shape index (κ2) is 7.87. The number of carbonyl (C=O) groups excluding carboxylic acids is 1. The lowest BCUT2D eigenvalue weighted by Gasteiger charge is -2.18. The highest BCUT2D eigenvalue weighted by Gasteiger charge is 2.36. The smallest absolute Gasteiger partial charge is 0.259 e. The molecule has 0 aliphatic carbocycles. The van der Waals surface area contributed by atoms with Gasteiger partial charge in [-0.1, -0.05) is 24.3 Å². The second-order valence-electron chi connectivity index (χ2n) is 9.58.